The van der Waals surface area contributed by atoms with Gasteiger partial charge in [-0.15, -0.1) is 0 Å². The normalized spacial score (nSPS) is 14.7. The van der Waals surface area contributed by atoms with Gasteiger partial charge in [0, 0.05) is 12.8 Å². The van der Waals surface area contributed by atoms with E-state index in [1.165, 1.54) is 51.4 Å². The number of phosphoric ester groups is 1. The third-order valence-electron chi connectivity index (χ3n) is 8.26. The van der Waals surface area contributed by atoms with Crippen LogP contribution in [0.2, 0.25) is 0 Å². The number of ether oxygens (including phenoxy) is 2. The molecule has 3 atom stereocenters. The van der Waals surface area contributed by atoms with Crippen LogP contribution in [-0.4, -0.2) is 86.1 Å². The van der Waals surface area contributed by atoms with Gasteiger partial charge in [-0.25, -0.2) is 4.57 Å². The van der Waals surface area contributed by atoms with Gasteiger partial charge in [0.2, 0.25) is 0 Å². The zero-order valence-corrected chi connectivity index (χ0v) is 33.8. The van der Waals surface area contributed by atoms with Crippen molar-refractivity contribution in [3.8, 4) is 0 Å². The van der Waals surface area contributed by atoms with E-state index in [1.54, 1.807) is 6.08 Å². The first-order valence-electron chi connectivity index (χ1n) is 19.8. The number of carbonyl (C=O) groups excluding carboxylic acids is 2. The van der Waals surface area contributed by atoms with Gasteiger partial charge in [0.15, 0.2) is 6.10 Å². The summed E-state index contributed by atoms with van der Waals surface area (Å²) in [5, 5.41) is 9.87. The molecule has 2 N–H and O–H groups in total. The van der Waals surface area contributed by atoms with Crippen LogP contribution in [0.4, 0.5) is 0 Å². The molecule has 2 unspecified atom stereocenters. The molecule has 0 rings (SSSR count). The maximum Gasteiger partial charge on any atom is 0.472 e. The van der Waals surface area contributed by atoms with Gasteiger partial charge in [-0.05, 0) is 38.5 Å². The second kappa shape index (κ2) is 32.8. The highest BCUT2D eigenvalue weighted by molar-refractivity contribution is 7.47. The van der Waals surface area contributed by atoms with Crippen LogP contribution in [0.1, 0.15) is 149 Å². The van der Waals surface area contributed by atoms with Gasteiger partial charge in [0.25, 0.3) is 0 Å². The molecule has 0 spiro atoms. The molecule has 0 aliphatic rings. The number of allylic oxidation sites excluding steroid dienone is 4. The first-order valence-corrected chi connectivity index (χ1v) is 21.3. The highest BCUT2D eigenvalue weighted by Gasteiger charge is 2.27. The minimum atomic E-state index is -4.38. The first-order chi connectivity index (χ1) is 24.4. The zero-order valence-electron chi connectivity index (χ0n) is 32.9. The maximum atomic E-state index is 12.6. The van der Waals surface area contributed by atoms with Crippen molar-refractivity contribution >= 4 is 19.8 Å². The Bertz CT molecular complexity index is 993. The third-order valence-corrected chi connectivity index (χ3v) is 9.25. The molecular formula is C40H75NO9P+. The number of unbranched alkanes of at least 4 members (excludes halogenated alkanes) is 15. The Kier molecular flexibility index (Phi) is 31.6. The largest absolute Gasteiger partial charge is 0.472 e. The molecule has 0 fully saturated rings. The Balaban J connectivity index is 4.49. The van der Waals surface area contributed by atoms with Crippen LogP contribution in [0.15, 0.2) is 36.5 Å². The summed E-state index contributed by atoms with van der Waals surface area (Å²) in [6, 6.07) is 0. The molecule has 0 bridgehead atoms. The molecule has 0 heterocycles. The molecule has 0 aromatic heterocycles. The van der Waals surface area contributed by atoms with Crippen LogP contribution in [-0.2, 0) is 32.7 Å². The summed E-state index contributed by atoms with van der Waals surface area (Å²) in [7, 11) is 1.43. The topological polar surface area (TPSA) is 129 Å². The predicted octanol–water partition coefficient (Wildman–Crippen LogP) is 9.54. The van der Waals surface area contributed by atoms with Crippen LogP contribution in [0, 0.1) is 0 Å². The lowest BCUT2D eigenvalue weighted by molar-refractivity contribution is -0.870. The highest BCUT2D eigenvalue weighted by Crippen LogP contribution is 2.43. The lowest BCUT2D eigenvalue weighted by Crippen LogP contribution is -2.37. The van der Waals surface area contributed by atoms with Crippen molar-refractivity contribution in [2.75, 3.05) is 47.5 Å². The van der Waals surface area contributed by atoms with E-state index in [-0.39, 0.29) is 32.0 Å². The Morgan fingerprint density at radius 1 is 0.706 bits per heavy atom. The van der Waals surface area contributed by atoms with Crippen molar-refractivity contribution in [2.24, 2.45) is 0 Å². The number of quaternary nitrogens is 1. The van der Waals surface area contributed by atoms with E-state index in [4.69, 9.17) is 18.5 Å². The predicted molar refractivity (Wildman–Crippen MR) is 207 cm³/mol. The molecule has 0 aromatic carbocycles. The number of likely N-dealkylation sites (N-methyl/N-ethyl adjacent to an activating group) is 1. The molecule has 0 aromatic rings. The van der Waals surface area contributed by atoms with E-state index in [2.05, 4.69) is 19.9 Å². The molecule has 0 amide bonds. The van der Waals surface area contributed by atoms with Crippen molar-refractivity contribution in [2.45, 2.75) is 161 Å². The van der Waals surface area contributed by atoms with Gasteiger partial charge in [0.1, 0.15) is 19.8 Å². The number of hydrogen-bond acceptors (Lipinski definition) is 8. The molecule has 298 valence electrons. The fourth-order valence-corrected chi connectivity index (χ4v) is 5.85. The number of aliphatic hydroxyl groups excluding tert-OH is 1. The van der Waals surface area contributed by atoms with Gasteiger partial charge < -0.3 is 24.0 Å². The molecule has 51 heavy (non-hydrogen) atoms. The fraction of sp³-hybridized carbons (Fsp3) is 0.800. The van der Waals surface area contributed by atoms with E-state index in [0.717, 1.165) is 57.8 Å². The lowest BCUT2D eigenvalue weighted by Gasteiger charge is -2.24. The standard InChI is InChI=1S/C40H74NO9P/c1-6-8-10-11-12-13-14-17-20-23-27-31-39(43)47-35-38(36-49-51(45,46)48-34-33-41(3,4)5)50-40(44)32-28-24-21-18-15-16-19-22-26-30-37(42)29-25-9-7-2/h9,19,22,25-26,30,37-38,42H,6-8,10-18,20-21,23-24,27-29,31-36H2,1-5H3/p+1/b22-19+,25-9+,30-26+/t37?,38-/m1/s1. The van der Waals surface area contributed by atoms with Crippen LogP contribution in [0.25, 0.3) is 0 Å². The maximum absolute atomic E-state index is 12.6. The summed E-state index contributed by atoms with van der Waals surface area (Å²) < 4.78 is 34.1. The Morgan fingerprint density at radius 2 is 1.27 bits per heavy atom. The van der Waals surface area contributed by atoms with Crippen LogP contribution >= 0.6 is 7.82 Å². The fourth-order valence-electron chi connectivity index (χ4n) is 5.11. The summed E-state index contributed by atoms with van der Waals surface area (Å²) in [6.45, 7) is 4.14. The van der Waals surface area contributed by atoms with Crippen molar-refractivity contribution in [1.82, 2.24) is 0 Å². The number of esters is 2. The quantitative estimate of drug-likeness (QED) is 0.0163. The molecular weight excluding hydrogens is 669 g/mol. The number of carbonyl (C=O) groups is 2. The van der Waals surface area contributed by atoms with Crippen LogP contribution in [0.3, 0.4) is 0 Å². The Hall–Kier alpha value is -1.81. The van der Waals surface area contributed by atoms with Crippen molar-refractivity contribution < 1.29 is 47.2 Å². The average Bonchev–Trinajstić information content (AvgIpc) is 3.06. The molecule has 10 nitrogen and oxygen atoms in total. The van der Waals surface area contributed by atoms with E-state index in [0.29, 0.717) is 23.9 Å². The summed E-state index contributed by atoms with van der Waals surface area (Å²) in [4.78, 5) is 35.2. The van der Waals surface area contributed by atoms with Gasteiger partial charge in [0.05, 0.1) is 33.9 Å². The summed E-state index contributed by atoms with van der Waals surface area (Å²) >= 11 is 0. The number of aliphatic hydroxyl groups is 1. The summed E-state index contributed by atoms with van der Waals surface area (Å²) in [6.07, 6.45) is 30.9. The van der Waals surface area contributed by atoms with Crippen molar-refractivity contribution in [1.29, 1.82) is 0 Å². The molecule has 0 aliphatic carbocycles. The minimum absolute atomic E-state index is 0.0182. The smallest absolute Gasteiger partial charge is 0.462 e. The molecule has 0 saturated heterocycles. The monoisotopic (exact) mass is 745 g/mol. The van der Waals surface area contributed by atoms with Crippen LogP contribution < -0.4 is 0 Å². The van der Waals surface area contributed by atoms with Gasteiger partial charge in [-0.1, -0.05) is 134 Å². The average molecular weight is 745 g/mol. The molecule has 11 heteroatoms. The van der Waals surface area contributed by atoms with Crippen LogP contribution in [0.5, 0.6) is 0 Å². The number of nitrogens with zero attached hydrogens (tertiary/aromatic N) is 1. The van der Waals surface area contributed by atoms with E-state index in [9.17, 15) is 24.2 Å². The second-order valence-electron chi connectivity index (χ2n) is 14.5. The number of phosphoric acid groups is 1. The Labute approximate surface area is 311 Å². The van der Waals surface area contributed by atoms with Gasteiger partial charge in [-0.3, -0.25) is 18.6 Å². The molecule has 0 aliphatic heterocycles. The van der Waals surface area contributed by atoms with Gasteiger partial charge >= 0.3 is 19.8 Å². The first kappa shape index (κ1) is 49.2. The Morgan fingerprint density at radius 3 is 1.86 bits per heavy atom. The summed E-state index contributed by atoms with van der Waals surface area (Å²) in [5.74, 6) is -0.854. The van der Waals surface area contributed by atoms with Gasteiger partial charge in [-0.2, -0.15) is 0 Å². The number of rotatable bonds is 35. The highest BCUT2D eigenvalue weighted by atomic mass is 31.2. The zero-order chi connectivity index (χ0) is 38.1. The lowest BCUT2D eigenvalue weighted by atomic mass is 10.1. The van der Waals surface area contributed by atoms with E-state index >= 15 is 0 Å². The third kappa shape index (κ3) is 36.3. The van der Waals surface area contributed by atoms with E-state index in [1.807, 2.05) is 45.4 Å². The minimum Gasteiger partial charge on any atom is -0.462 e. The number of hydrogen-bond donors (Lipinski definition) is 2. The van der Waals surface area contributed by atoms with E-state index < -0.39 is 32.6 Å². The SMILES string of the molecule is CC/C=C/CC(O)/C=C/C=C/CCCCCCCC(=O)O[C@H](COC(=O)CCCCCCCCCCCCC)COP(=O)(O)OCC[N+](C)(C)C. The molecule has 0 saturated carbocycles. The summed E-state index contributed by atoms with van der Waals surface area (Å²) in [5.41, 5.74) is 0. The van der Waals surface area contributed by atoms with Crippen molar-refractivity contribution in [3.05, 3.63) is 36.5 Å². The second-order valence-corrected chi connectivity index (χ2v) is 15.9. The van der Waals surface area contributed by atoms with Crippen molar-refractivity contribution in [3.63, 3.8) is 0 Å². The molecule has 0 radical (unpaired) electrons.